The van der Waals surface area contributed by atoms with Crippen LogP contribution in [-0.2, 0) is 0 Å². The van der Waals surface area contributed by atoms with E-state index >= 15 is 0 Å². The van der Waals surface area contributed by atoms with Crippen LogP contribution in [0, 0.1) is 0 Å². The minimum atomic E-state index is -0.162. The van der Waals surface area contributed by atoms with Gasteiger partial charge in [-0.15, -0.1) is 0 Å². The minimum absolute atomic E-state index is 0.162. The normalized spacial score (nSPS) is 11.0. The van der Waals surface area contributed by atoms with Crippen molar-refractivity contribution in [1.29, 1.82) is 0 Å². The van der Waals surface area contributed by atoms with Crippen LogP contribution in [0.4, 0.5) is 5.69 Å². The van der Waals surface area contributed by atoms with E-state index in [0.717, 1.165) is 5.52 Å². The van der Waals surface area contributed by atoms with Crippen molar-refractivity contribution in [2.24, 2.45) is 0 Å². The topological polar surface area (TPSA) is 58.9 Å². The standard InChI is InChI=1S/C15H9BrCl2N2O/c16-14-8(2-1-3-11(14)19)15(21)9-6-20-12-5-7(17)4-10(18)13(9)12/h1-6,20H,19H2. The highest BCUT2D eigenvalue weighted by molar-refractivity contribution is 9.10. The van der Waals surface area contributed by atoms with E-state index in [1.54, 1.807) is 36.5 Å². The Bertz CT molecular complexity index is 873. The maximum Gasteiger partial charge on any atom is 0.196 e. The fraction of sp³-hybridized carbons (Fsp3) is 0. The highest BCUT2D eigenvalue weighted by atomic mass is 79.9. The molecule has 21 heavy (non-hydrogen) atoms. The van der Waals surface area contributed by atoms with Crippen molar-refractivity contribution in [2.45, 2.75) is 0 Å². The highest BCUT2D eigenvalue weighted by Gasteiger charge is 2.19. The second-order valence-corrected chi connectivity index (χ2v) is 6.19. The zero-order valence-corrected chi connectivity index (χ0v) is 13.7. The number of benzene rings is 2. The van der Waals surface area contributed by atoms with E-state index in [9.17, 15) is 4.79 Å². The van der Waals surface area contributed by atoms with Gasteiger partial charge in [-0.05, 0) is 40.2 Å². The molecular formula is C15H9BrCl2N2O. The van der Waals surface area contributed by atoms with Gasteiger partial charge < -0.3 is 10.7 Å². The Morgan fingerprint density at radius 2 is 1.95 bits per heavy atom. The predicted molar refractivity (Wildman–Crippen MR) is 90.3 cm³/mol. The average molecular weight is 384 g/mol. The van der Waals surface area contributed by atoms with Gasteiger partial charge in [0.25, 0.3) is 0 Å². The van der Waals surface area contributed by atoms with Gasteiger partial charge in [0, 0.05) is 38.9 Å². The molecule has 6 heteroatoms. The van der Waals surface area contributed by atoms with Crippen LogP contribution in [0.5, 0.6) is 0 Å². The van der Waals surface area contributed by atoms with Gasteiger partial charge in [0.05, 0.1) is 9.50 Å². The number of hydrogen-bond acceptors (Lipinski definition) is 2. The van der Waals surface area contributed by atoms with Crippen LogP contribution in [0.15, 0.2) is 41.0 Å². The third kappa shape index (κ3) is 2.44. The average Bonchev–Trinajstić information content (AvgIpc) is 2.85. The number of ketones is 1. The summed E-state index contributed by atoms with van der Waals surface area (Å²) in [5, 5.41) is 1.60. The Hall–Kier alpha value is -1.49. The molecule has 0 aliphatic heterocycles. The minimum Gasteiger partial charge on any atom is -0.398 e. The Morgan fingerprint density at radius 1 is 1.19 bits per heavy atom. The van der Waals surface area contributed by atoms with Crippen LogP contribution < -0.4 is 5.73 Å². The summed E-state index contributed by atoms with van der Waals surface area (Å²) in [4.78, 5) is 15.8. The van der Waals surface area contributed by atoms with Gasteiger partial charge >= 0.3 is 0 Å². The van der Waals surface area contributed by atoms with Crippen LogP contribution in [0.2, 0.25) is 10.0 Å². The number of nitrogen functional groups attached to an aromatic ring is 1. The number of carbonyl (C=O) groups excluding carboxylic acids is 1. The molecule has 1 aromatic heterocycles. The number of nitrogens with one attached hydrogen (secondary N) is 1. The van der Waals surface area contributed by atoms with E-state index in [2.05, 4.69) is 20.9 Å². The lowest BCUT2D eigenvalue weighted by Gasteiger charge is -2.06. The molecule has 0 saturated carbocycles. The SMILES string of the molecule is Nc1cccc(C(=O)c2c[nH]c3cc(Cl)cc(Cl)c23)c1Br. The van der Waals surface area contributed by atoms with Gasteiger partial charge in [-0.2, -0.15) is 0 Å². The summed E-state index contributed by atoms with van der Waals surface area (Å²) in [6, 6.07) is 8.52. The molecule has 0 saturated heterocycles. The van der Waals surface area contributed by atoms with Crippen molar-refractivity contribution < 1.29 is 4.79 Å². The third-order valence-corrected chi connectivity index (χ3v) is 4.62. The van der Waals surface area contributed by atoms with Crippen molar-refractivity contribution in [3.05, 3.63) is 62.2 Å². The molecule has 0 unspecified atom stereocenters. The fourth-order valence-corrected chi connectivity index (χ4v) is 3.27. The molecule has 0 spiro atoms. The van der Waals surface area contributed by atoms with Crippen molar-refractivity contribution in [3.8, 4) is 0 Å². The summed E-state index contributed by atoms with van der Waals surface area (Å²) in [5.74, 6) is -0.162. The van der Waals surface area contributed by atoms with Gasteiger partial charge in [0.1, 0.15) is 0 Å². The number of aromatic nitrogens is 1. The van der Waals surface area contributed by atoms with Crippen molar-refractivity contribution >= 4 is 61.5 Å². The molecule has 1 heterocycles. The fourth-order valence-electron chi connectivity index (χ4n) is 2.23. The molecule has 0 fully saturated rings. The van der Waals surface area contributed by atoms with Gasteiger partial charge in [0.15, 0.2) is 5.78 Å². The number of anilines is 1. The van der Waals surface area contributed by atoms with Crippen LogP contribution in [0.25, 0.3) is 10.9 Å². The van der Waals surface area contributed by atoms with Crippen molar-refractivity contribution in [2.75, 3.05) is 5.73 Å². The molecule has 2 aromatic carbocycles. The number of halogens is 3. The number of hydrogen-bond donors (Lipinski definition) is 2. The quantitative estimate of drug-likeness (QED) is 0.480. The number of fused-ring (bicyclic) bond motifs is 1. The maximum absolute atomic E-state index is 12.7. The van der Waals surface area contributed by atoms with E-state index in [1.807, 2.05) is 0 Å². The maximum atomic E-state index is 12.7. The van der Waals surface area contributed by atoms with Crippen molar-refractivity contribution in [3.63, 3.8) is 0 Å². The van der Waals surface area contributed by atoms with Gasteiger partial charge in [0.2, 0.25) is 0 Å². The first kappa shape index (κ1) is 14.4. The van der Waals surface area contributed by atoms with Gasteiger partial charge in [-0.3, -0.25) is 4.79 Å². The number of nitrogens with two attached hydrogens (primary N) is 1. The second-order valence-electron chi connectivity index (χ2n) is 4.55. The number of carbonyl (C=O) groups is 1. The van der Waals surface area contributed by atoms with Crippen LogP contribution in [-0.4, -0.2) is 10.8 Å². The zero-order valence-electron chi connectivity index (χ0n) is 10.6. The van der Waals surface area contributed by atoms with Gasteiger partial charge in [-0.25, -0.2) is 0 Å². The van der Waals surface area contributed by atoms with Crippen LogP contribution in [0.3, 0.4) is 0 Å². The molecule has 3 aromatic rings. The Labute approximate surface area is 139 Å². The summed E-state index contributed by atoms with van der Waals surface area (Å²) >= 11 is 15.5. The molecular weight excluding hydrogens is 375 g/mol. The molecule has 3 nitrogen and oxygen atoms in total. The summed E-state index contributed by atoms with van der Waals surface area (Å²) in [6.07, 6.45) is 1.63. The lowest BCUT2D eigenvalue weighted by atomic mass is 10.0. The predicted octanol–water partition coefficient (Wildman–Crippen LogP) is 5.05. The number of H-pyrrole nitrogens is 1. The molecule has 3 rings (SSSR count). The number of rotatable bonds is 2. The first-order chi connectivity index (χ1) is 9.99. The lowest BCUT2D eigenvalue weighted by Crippen LogP contribution is -2.03. The van der Waals surface area contributed by atoms with Gasteiger partial charge in [-0.1, -0.05) is 29.3 Å². The number of aromatic amines is 1. The molecule has 3 N–H and O–H groups in total. The summed E-state index contributed by atoms with van der Waals surface area (Å²) in [5.41, 5.74) is 8.02. The zero-order chi connectivity index (χ0) is 15.1. The first-order valence-corrected chi connectivity index (χ1v) is 7.58. The third-order valence-electron chi connectivity index (χ3n) is 3.21. The summed E-state index contributed by atoms with van der Waals surface area (Å²) < 4.78 is 0.578. The Kier molecular flexibility index (Phi) is 3.69. The van der Waals surface area contributed by atoms with Crippen molar-refractivity contribution in [1.82, 2.24) is 4.98 Å². The largest absolute Gasteiger partial charge is 0.398 e. The molecule has 0 aliphatic carbocycles. The monoisotopic (exact) mass is 382 g/mol. The molecule has 0 amide bonds. The second kappa shape index (κ2) is 5.37. The molecule has 0 atom stereocenters. The van der Waals surface area contributed by atoms with E-state index in [-0.39, 0.29) is 5.78 Å². The molecule has 0 aliphatic rings. The van der Waals surface area contributed by atoms with Crippen LogP contribution in [0.1, 0.15) is 15.9 Å². The Morgan fingerprint density at radius 3 is 2.71 bits per heavy atom. The lowest BCUT2D eigenvalue weighted by molar-refractivity contribution is 0.103. The Balaban J connectivity index is 2.21. The summed E-state index contributed by atoms with van der Waals surface area (Å²) in [6.45, 7) is 0. The van der Waals surface area contributed by atoms with Crippen LogP contribution >= 0.6 is 39.1 Å². The summed E-state index contributed by atoms with van der Waals surface area (Å²) in [7, 11) is 0. The molecule has 0 bridgehead atoms. The molecule has 0 radical (unpaired) electrons. The van der Waals surface area contributed by atoms with E-state index in [1.165, 1.54) is 0 Å². The van der Waals surface area contributed by atoms with E-state index in [4.69, 9.17) is 28.9 Å². The first-order valence-electron chi connectivity index (χ1n) is 6.04. The highest BCUT2D eigenvalue weighted by Crippen LogP contribution is 2.33. The van der Waals surface area contributed by atoms with E-state index < -0.39 is 0 Å². The smallest absolute Gasteiger partial charge is 0.196 e. The van der Waals surface area contributed by atoms with E-state index in [0.29, 0.717) is 36.7 Å². The molecule has 106 valence electrons.